The Bertz CT molecular complexity index is 870. The summed E-state index contributed by atoms with van der Waals surface area (Å²) in [6.45, 7) is 0.586. The van der Waals surface area contributed by atoms with Crippen LogP contribution in [-0.4, -0.2) is 28.6 Å². The molecule has 1 amide bonds. The molecule has 6 nitrogen and oxygen atoms in total. The molecule has 1 unspecified atom stereocenters. The van der Waals surface area contributed by atoms with Crippen molar-refractivity contribution >= 4 is 22.8 Å². The number of halogens is 1. The van der Waals surface area contributed by atoms with E-state index in [1.807, 2.05) is 0 Å². The van der Waals surface area contributed by atoms with Crippen LogP contribution in [0.25, 0.3) is 22.7 Å². The van der Waals surface area contributed by atoms with Crippen LogP contribution in [0.15, 0.2) is 40.9 Å². The van der Waals surface area contributed by atoms with Gasteiger partial charge in [-0.05, 0) is 43.2 Å². The maximum absolute atomic E-state index is 14.2. The number of oxazole rings is 1. The Morgan fingerprint density at radius 2 is 2.25 bits per heavy atom. The van der Waals surface area contributed by atoms with Crippen molar-refractivity contribution in [3.8, 4) is 11.5 Å². The van der Waals surface area contributed by atoms with Gasteiger partial charge >= 0.3 is 0 Å². The summed E-state index contributed by atoms with van der Waals surface area (Å²) in [7, 11) is 0. The number of ether oxygens (including phenoxy) is 1. The Balaban J connectivity index is 1.64. The van der Waals surface area contributed by atoms with Gasteiger partial charge in [0.15, 0.2) is 11.2 Å². The number of hydrogen-bond acceptors (Lipinski definition) is 5. The number of nitrogens with one attached hydrogen (secondary N) is 1. The van der Waals surface area contributed by atoms with Crippen LogP contribution in [-0.2, 0) is 9.53 Å². The first kappa shape index (κ1) is 14.8. The van der Waals surface area contributed by atoms with Crippen LogP contribution >= 0.6 is 0 Å². The molecule has 7 heteroatoms. The summed E-state index contributed by atoms with van der Waals surface area (Å²) in [6.07, 6.45) is 2.69. The molecule has 0 radical (unpaired) electrons. The predicted molar refractivity (Wildman–Crippen MR) is 84.8 cm³/mol. The molecule has 24 heavy (non-hydrogen) atoms. The van der Waals surface area contributed by atoms with Gasteiger partial charge in [-0.25, -0.2) is 9.37 Å². The summed E-state index contributed by atoms with van der Waals surface area (Å²) in [4.78, 5) is 20.4. The second-order valence-electron chi connectivity index (χ2n) is 5.53. The first-order valence-corrected chi connectivity index (χ1v) is 7.65. The maximum atomic E-state index is 14.2. The van der Waals surface area contributed by atoms with Gasteiger partial charge in [0.25, 0.3) is 5.91 Å². The maximum Gasteiger partial charge on any atom is 0.253 e. The van der Waals surface area contributed by atoms with E-state index < -0.39 is 11.9 Å². The zero-order valence-electron chi connectivity index (χ0n) is 12.7. The quantitative estimate of drug-likeness (QED) is 0.799. The van der Waals surface area contributed by atoms with Crippen molar-refractivity contribution in [2.45, 2.75) is 18.9 Å². The van der Waals surface area contributed by atoms with Crippen molar-refractivity contribution in [1.29, 1.82) is 0 Å². The topological polar surface area (TPSA) is 77.3 Å². The molecule has 3 aromatic rings. The van der Waals surface area contributed by atoms with E-state index in [0.717, 1.165) is 6.42 Å². The fourth-order valence-corrected chi connectivity index (χ4v) is 2.66. The third-order valence-electron chi connectivity index (χ3n) is 3.85. The second-order valence-corrected chi connectivity index (χ2v) is 5.53. The number of amides is 1. The van der Waals surface area contributed by atoms with E-state index in [9.17, 15) is 9.18 Å². The summed E-state index contributed by atoms with van der Waals surface area (Å²) < 4.78 is 25.0. The SMILES string of the molecule is O=C(Nc1ccc(F)c(-c2nc3ncccc3o2)c1)C1CCCO1. The van der Waals surface area contributed by atoms with Gasteiger partial charge in [-0.1, -0.05) is 0 Å². The lowest BCUT2D eigenvalue weighted by molar-refractivity contribution is -0.124. The van der Waals surface area contributed by atoms with Gasteiger partial charge in [0.05, 0.1) is 5.56 Å². The van der Waals surface area contributed by atoms with E-state index in [2.05, 4.69) is 15.3 Å². The predicted octanol–water partition coefficient (Wildman–Crippen LogP) is 3.15. The van der Waals surface area contributed by atoms with Crippen LogP contribution in [0.4, 0.5) is 10.1 Å². The molecule has 3 heterocycles. The molecule has 2 aromatic heterocycles. The molecular formula is C17H14FN3O3. The molecule has 4 rings (SSSR count). The highest BCUT2D eigenvalue weighted by Crippen LogP contribution is 2.28. The van der Waals surface area contributed by atoms with E-state index in [1.165, 1.54) is 18.2 Å². The smallest absolute Gasteiger partial charge is 0.253 e. The Morgan fingerprint density at radius 3 is 3.04 bits per heavy atom. The van der Waals surface area contributed by atoms with E-state index >= 15 is 0 Å². The largest absolute Gasteiger partial charge is 0.434 e. The summed E-state index contributed by atoms with van der Waals surface area (Å²) >= 11 is 0. The van der Waals surface area contributed by atoms with Crippen LogP contribution in [0.1, 0.15) is 12.8 Å². The molecule has 0 aliphatic carbocycles. The average Bonchev–Trinajstić information content (AvgIpc) is 3.25. The minimum Gasteiger partial charge on any atom is -0.434 e. The number of anilines is 1. The highest BCUT2D eigenvalue weighted by molar-refractivity contribution is 5.94. The van der Waals surface area contributed by atoms with Gasteiger partial charge in [-0.3, -0.25) is 4.79 Å². The molecule has 0 spiro atoms. The standard InChI is InChI=1S/C17H14FN3O3/c18-12-6-5-10(20-16(22)14-4-2-8-23-14)9-11(12)17-21-15-13(24-17)3-1-7-19-15/h1,3,5-7,9,14H,2,4,8H2,(H,20,22). The molecule has 0 saturated carbocycles. The molecule has 1 aliphatic rings. The highest BCUT2D eigenvalue weighted by atomic mass is 19.1. The Hall–Kier alpha value is -2.80. The molecule has 1 N–H and O–H groups in total. The number of carbonyl (C=O) groups excluding carboxylic acids is 1. The van der Waals surface area contributed by atoms with Crippen LogP contribution < -0.4 is 5.32 Å². The molecular weight excluding hydrogens is 313 g/mol. The van der Waals surface area contributed by atoms with Crippen molar-refractivity contribution in [3.63, 3.8) is 0 Å². The van der Waals surface area contributed by atoms with Crippen LogP contribution in [0, 0.1) is 5.82 Å². The Kier molecular flexibility index (Phi) is 3.70. The second kappa shape index (κ2) is 6.01. The van der Waals surface area contributed by atoms with Crippen molar-refractivity contribution in [3.05, 3.63) is 42.3 Å². The molecule has 1 aromatic carbocycles. The number of pyridine rings is 1. The van der Waals surface area contributed by atoms with Gasteiger partial charge in [0.1, 0.15) is 11.9 Å². The summed E-state index contributed by atoms with van der Waals surface area (Å²) in [6, 6.07) is 7.67. The molecule has 122 valence electrons. The molecule has 0 bridgehead atoms. The number of fused-ring (bicyclic) bond motifs is 1. The van der Waals surface area contributed by atoms with E-state index in [-0.39, 0.29) is 17.4 Å². The fourth-order valence-electron chi connectivity index (χ4n) is 2.66. The number of aromatic nitrogens is 2. The van der Waals surface area contributed by atoms with Gasteiger partial charge < -0.3 is 14.5 Å². The van der Waals surface area contributed by atoms with Gasteiger partial charge in [0.2, 0.25) is 5.89 Å². The van der Waals surface area contributed by atoms with Crippen molar-refractivity contribution in [2.24, 2.45) is 0 Å². The van der Waals surface area contributed by atoms with Gasteiger partial charge in [-0.2, -0.15) is 4.98 Å². The van der Waals surface area contributed by atoms with Crippen LogP contribution in [0.2, 0.25) is 0 Å². The van der Waals surface area contributed by atoms with Crippen molar-refractivity contribution in [2.75, 3.05) is 11.9 Å². The third kappa shape index (κ3) is 2.74. The zero-order valence-corrected chi connectivity index (χ0v) is 12.7. The third-order valence-corrected chi connectivity index (χ3v) is 3.85. The van der Waals surface area contributed by atoms with Gasteiger partial charge in [0, 0.05) is 18.5 Å². The minimum absolute atomic E-state index is 0.120. The van der Waals surface area contributed by atoms with E-state index in [4.69, 9.17) is 9.15 Å². The Labute approximate surface area is 136 Å². The summed E-state index contributed by atoms with van der Waals surface area (Å²) in [5, 5.41) is 2.74. The fraction of sp³-hybridized carbons (Fsp3) is 0.235. The molecule has 1 saturated heterocycles. The first-order valence-electron chi connectivity index (χ1n) is 7.65. The van der Waals surface area contributed by atoms with E-state index in [0.29, 0.717) is 29.9 Å². The normalized spacial score (nSPS) is 17.3. The zero-order chi connectivity index (χ0) is 16.5. The number of nitrogens with zero attached hydrogens (tertiary/aromatic N) is 2. The molecule has 1 fully saturated rings. The highest BCUT2D eigenvalue weighted by Gasteiger charge is 2.24. The number of benzene rings is 1. The van der Waals surface area contributed by atoms with Crippen molar-refractivity contribution < 1.29 is 18.3 Å². The number of hydrogen-bond donors (Lipinski definition) is 1. The average molecular weight is 327 g/mol. The molecule has 1 aliphatic heterocycles. The van der Waals surface area contributed by atoms with Crippen LogP contribution in [0.5, 0.6) is 0 Å². The summed E-state index contributed by atoms with van der Waals surface area (Å²) in [5.41, 5.74) is 1.50. The molecule has 1 atom stereocenters. The lowest BCUT2D eigenvalue weighted by Gasteiger charge is -2.11. The van der Waals surface area contributed by atoms with Gasteiger partial charge in [-0.15, -0.1) is 0 Å². The first-order chi connectivity index (χ1) is 11.7. The summed E-state index contributed by atoms with van der Waals surface area (Å²) in [5.74, 6) is -0.602. The lowest BCUT2D eigenvalue weighted by atomic mass is 10.1. The Morgan fingerprint density at radius 1 is 1.33 bits per heavy atom. The number of carbonyl (C=O) groups is 1. The van der Waals surface area contributed by atoms with Crippen molar-refractivity contribution in [1.82, 2.24) is 9.97 Å². The number of rotatable bonds is 3. The van der Waals surface area contributed by atoms with E-state index in [1.54, 1.807) is 18.3 Å². The minimum atomic E-state index is -0.489. The monoisotopic (exact) mass is 327 g/mol. The van der Waals surface area contributed by atoms with Crippen LogP contribution in [0.3, 0.4) is 0 Å². The lowest BCUT2D eigenvalue weighted by Crippen LogP contribution is -2.26.